The lowest BCUT2D eigenvalue weighted by Crippen LogP contribution is -2.28. The molecule has 686 valence electrons. The number of nitrogens with zero attached hydrogens (tertiary/aromatic N) is 3. The summed E-state index contributed by atoms with van der Waals surface area (Å²) in [5.74, 6) is 0. The van der Waals surface area contributed by atoms with Gasteiger partial charge in [-0.1, -0.05) is 443 Å². The molecule has 4 aromatic heterocycles. The minimum absolute atomic E-state index is 0.448. The summed E-state index contributed by atoms with van der Waals surface area (Å²) in [7, 11) is 0. The Labute approximate surface area is 859 Å². The van der Waals surface area contributed by atoms with Crippen LogP contribution in [0.3, 0.4) is 0 Å². The lowest BCUT2D eigenvalue weighted by Gasteiger charge is -2.34. The first-order valence-corrected chi connectivity index (χ1v) is 52.5. The Balaban J connectivity index is 0.000000106. The Bertz CT molecular complexity index is 9550. The second-order valence-corrected chi connectivity index (χ2v) is 41.2. The van der Waals surface area contributed by atoms with Crippen LogP contribution in [0.1, 0.15) is 66.8 Å². The van der Waals surface area contributed by atoms with E-state index in [0.29, 0.717) is 0 Å². The normalized spacial score (nSPS) is 13.1. The number of thiophene rings is 3. The highest BCUT2D eigenvalue weighted by molar-refractivity contribution is 7.27. The summed E-state index contributed by atoms with van der Waals surface area (Å²) < 4.78 is 14.1. The van der Waals surface area contributed by atoms with Crippen molar-refractivity contribution in [3.05, 3.63) is 619 Å². The monoisotopic (exact) mass is 1910 g/mol. The van der Waals surface area contributed by atoms with Gasteiger partial charge in [-0.2, -0.15) is 0 Å². The molecule has 0 unspecified atom stereocenters. The van der Waals surface area contributed by atoms with Crippen LogP contribution in [0.4, 0.5) is 51.2 Å². The molecule has 0 aliphatic heterocycles. The highest BCUT2D eigenvalue weighted by Crippen LogP contribution is 2.64. The number of anilines is 9. The van der Waals surface area contributed by atoms with Gasteiger partial charge in [0.15, 0.2) is 0 Å². The van der Waals surface area contributed by atoms with Gasteiger partial charge in [0.2, 0.25) is 0 Å². The van der Waals surface area contributed by atoms with Gasteiger partial charge in [0.05, 0.1) is 64.2 Å². The topological polar surface area (TPSA) is 22.9 Å². The van der Waals surface area contributed by atoms with Crippen molar-refractivity contribution in [3.63, 3.8) is 0 Å². The zero-order valence-corrected chi connectivity index (χ0v) is 82.0. The quantitative estimate of drug-likeness (QED) is 0.102. The first-order valence-electron chi connectivity index (χ1n) is 50.1. The molecule has 7 heteroatoms. The predicted octanol–water partition coefficient (Wildman–Crippen LogP) is 38.7. The van der Waals surface area contributed by atoms with E-state index in [2.05, 4.69) is 561 Å². The van der Waals surface area contributed by atoms with Gasteiger partial charge < -0.3 is 19.1 Å². The molecule has 0 saturated heterocycles. The number of furan rings is 1. The van der Waals surface area contributed by atoms with Crippen LogP contribution >= 0.6 is 34.0 Å². The van der Waals surface area contributed by atoms with Crippen molar-refractivity contribution in [1.29, 1.82) is 0 Å². The Morgan fingerprint density at radius 1 is 0.158 bits per heavy atom. The van der Waals surface area contributed by atoms with Gasteiger partial charge >= 0.3 is 0 Å². The van der Waals surface area contributed by atoms with Crippen LogP contribution in [0.25, 0.3) is 127 Å². The van der Waals surface area contributed by atoms with Gasteiger partial charge in [-0.25, -0.2) is 0 Å². The fraction of sp³-hybridized carbons (Fsp3) is 0.0216. The smallest absolute Gasteiger partial charge is 0.137 e. The van der Waals surface area contributed by atoms with Crippen molar-refractivity contribution in [1.82, 2.24) is 0 Å². The Hall–Kier alpha value is -17.8. The molecule has 0 amide bonds. The number of hydrogen-bond donors (Lipinski definition) is 0. The average molecular weight is 1920 g/mol. The lowest BCUT2D eigenvalue weighted by atomic mass is 9.66. The molecule has 0 N–H and O–H groups in total. The van der Waals surface area contributed by atoms with Crippen molar-refractivity contribution >= 4 is 178 Å². The fourth-order valence-electron chi connectivity index (χ4n) is 24.9. The summed E-state index contributed by atoms with van der Waals surface area (Å²) in [6.07, 6.45) is 0. The third kappa shape index (κ3) is 13.3. The molecule has 3 aliphatic carbocycles. The van der Waals surface area contributed by atoms with Crippen molar-refractivity contribution in [2.75, 3.05) is 14.7 Å². The molecule has 0 spiro atoms. The van der Waals surface area contributed by atoms with Gasteiger partial charge in [-0.15, -0.1) is 34.0 Å². The summed E-state index contributed by atoms with van der Waals surface area (Å²) in [5, 5.41) is 12.5. The molecule has 0 atom stereocenters. The largest absolute Gasteiger partial charge is 0.456 e. The number of benzene rings is 23. The van der Waals surface area contributed by atoms with E-state index in [4.69, 9.17) is 4.42 Å². The third-order valence-corrected chi connectivity index (χ3v) is 34.2. The molecule has 27 aromatic rings. The van der Waals surface area contributed by atoms with Gasteiger partial charge in [0.25, 0.3) is 0 Å². The number of para-hydroxylation sites is 5. The highest BCUT2D eigenvalue weighted by atomic mass is 32.1. The van der Waals surface area contributed by atoms with E-state index in [-0.39, 0.29) is 0 Å². The maximum Gasteiger partial charge on any atom is 0.137 e. The standard InChI is InChI=1S/C49H31NOS.C47H31NS.C43H29NS/c1-3-16-32(17-4-1)49(38-24-10-7-20-34(38)35-21-8-11-25-39(35)49)40-26-14-31-45-46(40)37-23-13-28-42(48(37)52-45)50(33-18-5-2-6-19-33)41-27-15-30-44-47(41)36-22-9-12-29-43(36)51-44;1-3-18-33(19-4-1)47(39-26-11-9-23-36(39)37-24-10-12-27-40(37)47)41-28-15-31-44-45(41)38-25-14-30-43(46(38)49-44)48(34-20-5-2-6-21-34)42-29-13-17-32-16-7-8-22-35(32)42;1-4-16-30(17-5-1)43(36-25-12-10-22-33(36)34-23-11-13-26-37(34)43)38-27-15-29-40-41(38)35-24-14-28-39(42(35)45-40)44(31-18-6-2-7-19-31)32-20-8-3-9-21-32/h1-31H;1-31H;1-29H. The minimum atomic E-state index is -0.488. The first-order chi connectivity index (χ1) is 72.5. The summed E-state index contributed by atoms with van der Waals surface area (Å²) in [4.78, 5) is 7.27. The molecule has 30 rings (SSSR count). The molecule has 4 nitrogen and oxygen atoms in total. The van der Waals surface area contributed by atoms with Crippen molar-refractivity contribution in [2.45, 2.75) is 16.2 Å². The van der Waals surface area contributed by atoms with Crippen LogP contribution in [0, 0.1) is 0 Å². The van der Waals surface area contributed by atoms with E-state index >= 15 is 0 Å². The van der Waals surface area contributed by atoms with Crippen LogP contribution < -0.4 is 14.7 Å². The van der Waals surface area contributed by atoms with E-state index in [0.717, 1.165) is 56.1 Å². The fourth-order valence-corrected chi connectivity index (χ4v) is 28.6. The molecule has 4 heterocycles. The third-order valence-electron chi connectivity index (χ3n) is 30.6. The maximum absolute atomic E-state index is 6.41. The Kier molecular flexibility index (Phi) is 20.9. The second-order valence-electron chi connectivity index (χ2n) is 38.0. The van der Waals surface area contributed by atoms with Gasteiger partial charge in [-0.3, -0.25) is 0 Å². The summed E-state index contributed by atoms with van der Waals surface area (Å²) in [6, 6.07) is 202. The molecule has 3 aliphatic rings. The number of rotatable bonds is 15. The molecule has 146 heavy (non-hydrogen) atoms. The van der Waals surface area contributed by atoms with Crippen LogP contribution in [-0.4, -0.2) is 0 Å². The van der Waals surface area contributed by atoms with Crippen LogP contribution in [0.2, 0.25) is 0 Å². The SMILES string of the molecule is c1ccc(N(c2cccc3c2sc2cccc(C4(c5ccccc5)c5ccccc5-c5ccccc54)c23)c2cccc3oc4ccccc4c23)cc1.c1ccc(N(c2cccc3ccccc23)c2cccc3c2sc2cccc(C4(c5ccccc5)c5ccccc5-c5ccccc54)c23)cc1.c1ccc(N(c2ccccc2)c2cccc3c2sc2cccc(C4(c5ccccc5)c5ccccc5-c5ccccc54)c23)cc1. The van der Waals surface area contributed by atoms with Crippen molar-refractivity contribution < 1.29 is 4.42 Å². The molecule has 0 bridgehead atoms. The Morgan fingerprint density at radius 3 is 0.767 bits per heavy atom. The van der Waals surface area contributed by atoms with E-state index in [9.17, 15) is 0 Å². The van der Waals surface area contributed by atoms with Gasteiger partial charge in [0, 0.05) is 79.9 Å². The highest BCUT2D eigenvalue weighted by Gasteiger charge is 2.51. The molecular weight excluding hydrogens is 1820 g/mol. The molecule has 0 fully saturated rings. The summed E-state index contributed by atoms with van der Waals surface area (Å²) in [5.41, 5.74) is 34.4. The van der Waals surface area contributed by atoms with E-state index in [1.807, 2.05) is 40.1 Å². The average Bonchev–Trinajstić information content (AvgIpc) is 1.53. The van der Waals surface area contributed by atoms with Crippen LogP contribution in [-0.2, 0) is 16.2 Å². The summed E-state index contributed by atoms with van der Waals surface area (Å²) >= 11 is 5.67. The number of fused-ring (bicyclic) bond motifs is 22. The molecule has 0 radical (unpaired) electrons. The summed E-state index contributed by atoms with van der Waals surface area (Å²) in [6.45, 7) is 0. The van der Waals surface area contributed by atoms with Crippen LogP contribution in [0.5, 0.6) is 0 Å². The van der Waals surface area contributed by atoms with Crippen molar-refractivity contribution in [2.24, 2.45) is 0 Å². The van der Waals surface area contributed by atoms with Gasteiger partial charge in [0.1, 0.15) is 11.2 Å². The molecule has 0 saturated carbocycles. The lowest BCUT2D eigenvalue weighted by molar-refractivity contribution is 0.669. The van der Waals surface area contributed by atoms with E-state index < -0.39 is 16.2 Å². The molecule has 23 aromatic carbocycles. The number of hydrogen-bond acceptors (Lipinski definition) is 7. The second kappa shape index (κ2) is 35.4. The van der Waals surface area contributed by atoms with Gasteiger partial charge in [-0.05, 0) is 215 Å². The van der Waals surface area contributed by atoms with Crippen LogP contribution in [0.15, 0.2) is 556 Å². The maximum atomic E-state index is 6.41. The molecular formula is C139H91N3OS3. The zero-order valence-electron chi connectivity index (χ0n) is 79.5. The first kappa shape index (κ1) is 86.1. The predicted molar refractivity (Wildman–Crippen MR) is 619 cm³/mol. The minimum Gasteiger partial charge on any atom is -0.456 e. The zero-order chi connectivity index (χ0) is 96.4. The van der Waals surface area contributed by atoms with E-state index in [1.54, 1.807) is 0 Å². The Morgan fingerprint density at radius 2 is 0.397 bits per heavy atom. The van der Waals surface area contributed by atoms with Crippen molar-refractivity contribution in [3.8, 4) is 33.4 Å². The van der Waals surface area contributed by atoms with E-state index in [1.165, 1.54) is 188 Å².